The SMILES string of the molecule is CN(C)C(=O)[C@@H]1CSCN1C(=O)[C@@H]1C[C@H]1c1cc(F)ccc1F. The summed E-state index contributed by atoms with van der Waals surface area (Å²) in [4.78, 5) is 27.9. The molecule has 1 aromatic rings. The van der Waals surface area contributed by atoms with Gasteiger partial charge in [0.2, 0.25) is 11.8 Å². The Hall–Kier alpha value is -1.63. The molecule has 2 aliphatic rings. The fourth-order valence-electron chi connectivity index (χ4n) is 2.99. The van der Waals surface area contributed by atoms with Gasteiger partial charge >= 0.3 is 0 Å². The second kappa shape index (κ2) is 6.11. The van der Waals surface area contributed by atoms with Crippen LogP contribution in [0.5, 0.6) is 0 Å². The van der Waals surface area contributed by atoms with Gasteiger partial charge in [-0.1, -0.05) is 0 Å². The van der Waals surface area contributed by atoms with Gasteiger partial charge in [0, 0.05) is 25.8 Å². The summed E-state index contributed by atoms with van der Waals surface area (Å²) >= 11 is 1.54. The average molecular weight is 340 g/mol. The minimum Gasteiger partial charge on any atom is -0.347 e. The van der Waals surface area contributed by atoms with Crippen LogP contribution in [0.2, 0.25) is 0 Å². The van der Waals surface area contributed by atoms with Crippen LogP contribution in [0.25, 0.3) is 0 Å². The van der Waals surface area contributed by atoms with Gasteiger partial charge in [0.05, 0.1) is 5.88 Å². The zero-order valence-electron chi connectivity index (χ0n) is 13.0. The van der Waals surface area contributed by atoms with E-state index < -0.39 is 17.7 Å². The van der Waals surface area contributed by atoms with E-state index in [1.807, 2.05) is 0 Å². The maximum absolute atomic E-state index is 13.8. The molecule has 2 fully saturated rings. The van der Waals surface area contributed by atoms with Crippen molar-refractivity contribution < 1.29 is 18.4 Å². The summed E-state index contributed by atoms with van der Waals surface area (Å²) in [7, 11) is 3.33. The number of rotatable bonds is 3. The number of nitrogens with zero attached hydrogens (tertiary/aromatic N) is 2. The van der Waals surface area contributed by atoms with Gasteiger partial charge in [-0.05, 0) is 36.1 Å². The van der Waals surface area contributed by atoms with Crippen LogP contribution in [0.15, 0.2) is 18.2 Å². The molecule has 1 aliphatic heterocycles. The van der Waals surface area contributed by atoms with Crippen molar-refractivity contribution in [2.24, 2.45) is 5.92 Å². The largest absolute Gasteiger partial charge is 0.347 e. The van der Waals surface area contributed by atoms with Crippen LogP contribution in [0.4, 0.5) is 8.78 Å². The van der Waals surface area contributed by atoms with E-state index in [2.05, 4.69) is 0 Å². The van der Waals surface area contributed by atoms with E-state index in [0.717, 1.165) is 18.2 Å². The first-order valence-electron chi connectivity index (χ1n) is 7.44. The van der Waals surface area contributed by atoms with E-state index in [1.54, 1.807) is 19.0 Å². The zero-order valence-corrected chi connectivity index (χ0v) is 13.8. The average Bonchev–Trinajstić information content (AvgIpc) is 3.15. The molecule has 23 heavy (non-hydrogen) atoms. The van der Waals surface area contributed by atoms with E-state index >= 15 is 0 Å². The molecule has 2 amide bonds. The van der Waals surface area contributed by atoms with Crippen molar-refractivity contribution in [3.05, 3.63) is 35.4 Å². The molecule has 0 radical (unpaired) electrons. The Balaban J connectivity index is 1.73. The molecule has 3 rings (SSSR count). The molecule has 0 unspecified atom stereocenters. The molecule has 1 saturated heterocycles. The van der Waals surface area contributed by atoms with Gasteiger partial charge in [-0.25, -0.2) is 8.78 Å². The third kappa shape index (κ3) is 3.06. The summed E-state index contributed by atoms with van der Waals surface area (Å²) in [6.45, 7) is 0. The fraction of sp³-hybridized carbons (Fsp3) is 0.500. The number of carbonyl (C=O) groups excluding carboxylic acids is 2. The highest BCUT2D eigenvalue weighted by atomic mass is 32.2. The molecule has 1 aromatic carbocycles. The maximum Gasteiger partial charge on any atom is 0.245 e. The molecule has 1 saturated carbocycles. The Morgan fingerprint density at radius 2 is 2.04 bits per heavy atom. The van der Waals surface area contributed by atoms with E-state index in [9.17, 15) is 18.4 Å². The van der Waals surface area contributed by atoms with Crippen LogP contribution in [-0.4, -0.2) is 53.4 Å². The van der Waals surface area contributed by atoms with Gasteiger partial charge in [0.1, 0.15) is 17.7 Å². The minimum atomic E-state index is -0.503. The smallest absolute Gasteiger partial charge is 0.245 e. The maximum atomic E-state index is 13.8. The van der Waals surface area contributed by atoms with Crippen LogP contribution in [0, 0.1) is 17.6 Å². The van der Waals surface area contributed by atoms with E-state index in [-0.39, 0.29) is 29.2 Å². The highest BCUT2D eigenvalue weighted by Gasteiger charge is 2.49. The fourth-order valence-corrected chi connectivity index (χ4v) is 4.14. The normalized spacial score (nSPS) is 26.3. The van der Waals surface area contributed by atoms with Crippen molar-refractivity contribution >= 4 is 23.6 Å². The number of benzene rings is 1. The summed E-state index contributed by atoms with van der Waals surface area (Å²) in [5.41, 5.74) is 0.255. The summed E-state index contributed by atoms with van der Waals surface area (Å²) in [6.07, 6.45) is 0.503. The van der Waals surface area contributed by atoms with E-state index in [4.69, 9.17) is 0 Å². The summed E-state index contributed by atoms with van der Waals surface area (Å²) in [6, 6.07) is 2.87. The number of halogens is 2. The predicted octanol–water partition coefficient (Wildman–Crippen LogP) is 2.06. The van der Waals surface area contributed by atoms with Gasteiger partial charge < -0.3 is 9.80 Å². The van der Waals surface area contributed by atoms with Crippen LogP contribution >= 0.6 is 11.8 Å². The lowest BCUT2D eigenvalue weighted by molar-refractivity contribution is -0.142. The predicted molar refractivity (Wildman–Crippen MR) is 83.9 cm³/mol. The molecule has 0 aromatic heterocycles. The number of likely N-dealkylation sites (N-methyl/N-ethyl adjacent to an activating group) is 1. The Morgan fingerprint density at radius 1 is 1.30 bits per heavy atom. The van der Waals surface area contributed by atoms with Gasteiger partial charge in [-0.15, -0.1) is 11.8 Å². The molecule has 124 valence electrons. The number of hydrogen-bond acceptors (Lipinski definition) is 3. The Labute approximate surface area is 137 Å². The molecular weight excluding hydrogens is 322 g/mol. The Kier molecular flexibility index (Phi) is 4.31. The molecule has 4 nitrogen and oxygen atoms in total. The first kappa shape index (κ1) is 16.2. The molecule has 1 aliphatic carbocycles. The van der Waals surface area contributed by atoms with Crippen molar-refractivity contribution in [1.82, 2.24) is 9.80 Å². The number of hydrogen-bond donors (Lipinski definition) is 0. The van der Waals surface area contributed by atoms with Crippen LogP contribution < -0.4 is 0 Å². The van der Waals surface area contributed by atoms with Crippen molar-refractivity contribution in [3.63, 3.8) is 0 Å². The first-order valence-corrected chi connectivity index (χ1v) is 8.60. The van der Waals surface area contributed by atoms with Gasteiger partial charge in [-0.3, -0.25) is 9.59 Å². The number of carbonyl (C=O) groups is 2. The lowest BCUT2D eigenvalue weighted by atomic mass is 10.1. The molecule has 0 N–H and O–H groups in total. The standard InChI is InChI=1S/C16H18F2N2O2S/c1-19(2)16(22)14-7-23-8-20(14)15(21)12-6-10(12)11-5-9(17)3-4-13(11)18/h3-5,10,12,14H,6-8H2,1-2H3/t10-,12+,14-/m0/s1. The van der Waals surface area contributed by atoms with Crippen molar-refractivity contribution in [2.45, 2.75) is 18.4 Å². The number of thioether (sulfide) groups is 1. The molecular formula is C16H18F2N2O2S. The van der Waals surface area contributed by atoms with E-state index in [1.165, 1.54) is 16.7 Å². The first-order chi connectivity index (χ1) is 10.9. The Morgan fingerprint density at radius 3 is 2.74 bits per heavy atom. The topological polar surface area (TPSA) is 40.6 Å². The highest BCUT2D eigenvalue weighted by molar-refractivity contribution is 7.99. The summed E-state index contributed by atoms with van der Waals surface area (Å²) in [5.74, 6) is -0.824. The highest BCUT2D eigenvalue weighted by Crippen LogP contribution is 2.50. The third-order valence-corrected chi connectivity index (χ3v) is 5.37. The quantitative estimate of drug-likeness (QED) is 0.846. The Bertz CT molecular complexity index is 653. The van der Waals surface area contributed by atoms with E-state index in [0.29, 0.717) is 18.1 Å². The summed E-state index contributed by atoms with van der Waals surface area (Å²) < 4.78 is 27.1. The van der Waals surface area contributed by atoms with Gasteiger partial charge in [-0.2, -0.15) is 0 Å². The molecule has 0 spiro atoms. The van der Waals surface area contributed by atoms with Crippen LogP contribution in [0.1, 0.15) is 17.9 Å². The molecule has 7 heteroatoms. The third-order valence-electron chi connectivity index (χ3n) is 4.36. The van der Waals surface area contributed by atoms with Crippen molar-refractivity contribution in [1.29, 1.82) is 0 Å². The second-order valence-electron chi connectivity index (χ2n) is 6.17. The monoisotopic (exact) mass is 340 g/mol. The van der Waals surface area contributed by atoms with Crippen molar-refractivity contribution in [2.75, 3.05) is 25.7 Å². The van der Waals surface area contributed by atoms with Crippen LogP contribution in [0.3, 0.4) is 0 Å². The number of amides is 2. The summed E-state index contributed by atoms with van der Waals surface area (Å²) in [5, 5.41) is 0. The lowest BCUT2D eigenvalue weighted by Gasteiger charge is -2.25. The second-order valence-corrected chi connectivity index (χ2v) is 7.17. The van der Waals surface area contributed by atoms with Crippen molar-refractivity contribution in [3.8, 4) is 0 Å². The van der Waals surface area contributed by atoms with Gasteiger partial charge in [0.15, 0.2) is 0 Å². The van der Waals surface area contributed by atoms with Crippen LogP contribution in [-0.2, 0) is 9.59 Å². The molecule has 3 atom stereocenters. The zero-order chi connectivity index (χ0) is 16.7. The molecule has 1 heterocycles. The van der Waals surface area contributed by atoms with Gasteiger partial charge in [0.25, 0.3) is 0 Å². The molecule has 0 bridgehead atoms. The lowest BCUT2D eigenvalue weighted by Crippen LogP contribution is -2.47. The minimum absolute atomic E-state index is 0.0995.